The number of nitrogens with one attached hydrogen (secondary N) is 1. The number of pyridine rings is 1. The van der Waals surface area contributed by atoms with E-state index in [1.54, 1.807) is 0 Å². The highest BCUT2D eigenvalue weighted by Gasteiger charge is 2.25. The summed E-state index contributed by atoms with van der Waals surface area (Å²) in [4.78, 5) is 11.2. The normalized spacial score (nSPS) is 16.9. The number of guanidine groups is 1. The predicted molar refractivity (Wildman–Crippen MR) is 120 cm³/mol. The van der Waals surface area contributed by atoms with Crippen molar-refractivity contribution in [1.29, 1.82) is 0 Å². The number of likely N-dealkylation sites (tertiary alicyclic amines) is 1. The topological polar surface area (TPSA) is 49.8 Å². The van der Waals surface area contributed by atoms with Crippen molar-refractivity contribution in [3.8, 4) is 0 Å². The largest absolute Gasteiger partial charge is 0.376 e. The minimum absolute atomic E-state index is 0. The first-order valence-electron chi connectivity index (χ1n) is 9.24. The fraction of sp³-hybridized carbons (Fsp3) is 0.429. The summed E-state index contributed by atoms with van der Waals surface area (Å²) in [5.74, 6) is 1.49. The average Bonchev–Trinajstić information content (AvgIpc) is 3.13. The summed E-state index contributed by atoms with van der Waals surface area (Å²) in [7, 11) is 1.84. The Hall–Kier alpha value is -1.67. The molecule has 3 rings (SSSR count). The van der Waals surface area contributed by atoms with Crippen molar-refractivity contribution in [1.82, 2.24) is 15.2 Å². The van der Waals surface area contributed by atoms with Gasteiger partial charge in [-0.2, -0.15) is 0 Å². The lowest BCUT2D eigenvalue weighted by molar-refractivity contribution is 0.0906. The molecule has 0 amide bonds. The molecule has 1 aromatic heterocycles. The lowest BCUT2D eigenvalue weighted by Gasteiger charge is -2.22. The fourth-order valence-electron chi connectivity index (χ4n) is 3.28. The first-order chi connectivity index (χ1) is 12.8. The molecule has 1 aromatic carbocycles. The summed E-state index contributed by atoms with van der Waals surface area (Å²) in [6, 6.07) is 14.4. The molecule has 1 aliphatic rings. The first-order valence-corrected chi connectivity index (χ1v) is 9.24. The van der Waals surface area contributed by atoms with Gasteiger partial charge in [0.2, 0.25) is 0 Å². The molecule has 0 bridgehead atoms. The van der Waals surface area contributed by atoms with Crippen LogP contribution < -0.4 is 5.32 Å². The van der Waals surface area contributed by atoms with Crippen LogP contribution >= 0.6 is 24.0 Å². The van der Waals surface area contributed by atoms with E-state index in [2.05, 4.69) is 57.4 Å². The lowest BCUT2D eigenvalue weighted by Crippen LogP contribution is -2.40. The number of nitrogens with zero attached hydrogens (tertiary/aromatic N) is 3. The third-order valence-corrected chi connectivity index (χ3v) is 4.79. The minimum atomic E-state index is 0. The Balaban J connectivity index is 0.00000261. The van der Waals surface area contributed by atoms with E-state index in [9.17, 15) is 0 Å². The van der Waals surface area contributed by atoms with Gasteiger partial charge in [-0.15, -0.1) is 24.0 Å². The van der Waals surface area contributed by atoms with Gasteiger partial charge in [0, 0.05) is 32.3 Å². The molecule has 6 heteroatoms. The van der Waals surface area contributed by atoms with Gasteiger partial charge in [-0.25, -0.2) is 0 Å². The second kappa shape index (κ2) is 11.2. The van der Waals surface area contributed by atoms with Crippen LogP contribution in [0.25, 0.3) is 0 Å². The van der Waals surface area contributed by atoms with Gasteiger partial charge in [0.25, 0.3) is 0 Å². The molecule has 0 aliphatic carbocycles. The molecular weight excluding hydrogens is 451 g/mol. The van der Waals surface area contributed by atoms with Crippen molar-refractivity contribution in [2.75, 3.05) is 26.7 Å². The highest BCUT2D eigenvalue weighted by atomic mass is 127. The van der Waals surface area contributed by atoms with E-state index in [1.165, 1.54) is 11.1 Å². The summed E-state index contributed by atoms with van der Waals surface area (Å²) in [6.07, 6.45) is 2.97. The van der Waals surface area contributed by atoms with Crippen LogP contribution in [0.15, 0.2) is 53.7 Å². The van der Waals surface area contributed by atoms with Crippen molar-refractivity contribution < 1.29 is 4.74 Å². The van der Waals surface area contributed by atoms with Gasteiger partial charge in [0.15, 0.2) is 5.96 Å². The monoisotopic (exact) mass is 480 g/mol. The third-order valence-electron chi connectivity index (χ3n) is 4.79. The molecule has 2 heterocycles. The molecule has 146 valence electrons. The summed E-state index contributed by atoms with van der Waals surface area (Å²) >= 11 is 0. The van der Waals surface area contributed by atoms with Crippen LogP contribution in [-0.2, 0) is 17.9 Å². The van der Waals surface area contributed by atoms with Crippen LogP contribution in [0.3, 0.4) is 0 Å². The molecule has 1 fully saturated rings. The van der Waals surface area contributed by atoms with Crippen molar-refractivity contribution in [3.63, 3.8) is 0 Å². The number of aromatic nitrogens is 1. The van der Waals surface area contributed by atoms with E-state index >= 15 is 0 Å². The van der Waals surface area contributed by atoms with Crippen molar-refractivity contribution in [2.45, 2.75) is 26.5 Å². The minimum Gasteiger partial charge on any atom is -0.376 e. The highest BCUT2D eigenvalue weighted by molar-refractivity contribution is 14.0. The second-order valence-corrected chi connectivity index (χ2v) is 6.77. The molecule has 1 unspecified atom stereocenters. The van der Waals surface area contributed by atoms with E-state index in [-0.39, 0.29) is 24.0 Å². The van der Waals surface area contributed by atoms with Crippen LogP contribution in [0.4, 0.5) is 0 Å². The first kappa shape index (κ1) is 21.6. The second-order valence-electron chi connectivity index (χ2n) is 6.77. The van der Waals surface area contributed by atoms with Crippen molar-refractivity contribution in [2.24, 2.45) is 10.9 Å². The summed E-state index contributed by atoms with van der Waals surface area (Å²) in [5.41, 5.74) is 3.49. The maximum atomic E-state index is 5.91. The Morgan fingerprint density at radius 2 is 2.07 bits per heavy atom. The highest BCUT2D eigenvalue weighted by Crippen LogP contribution is 2.17. The zero-order chi connectivity index (χ0) is 18.2. The van der Waals surface area contributed by atoms with E-state index in [0.29, 0.717) is 19.1 Å². The number of aliphatic imine (C=N–C) groups is 1. The molecule has 2 aromatic rings. The van der Waals surface area contributed by atoms with E-state index in [0.717, 1.165) is 37.8 Å². The Morgan fingerprint density at radius 1 is 1.26 bits per heavy atom. The smallest absolute Gasteiger partial charge is 0.193 e. The number of benzene rings is 1. The Bertz CT molecular complexity index is 723. The lowest BCUT2D eigenvalue weighted by atomic mass is 10.1. The molecular formula is C21H29IN4O. The van der Waals surface area contributed by atoms with Crippen LogP contribution in [0.1, 0.15) is 23.2 Å². The molecule has 27 heavy (non-hydrogen) atoms. The molecule has 1 saturated heterocycles. The predicted octanol–water partition coefficient (Wildman–Crippen LogP) is 3.62. The molecule has 1 atom stereocenters. The fourth-order valence-corrected chi connectivity index (χ4v) is 3.28. The Kier molecular flexibility index (Phi) is 9.00. The van der Waals surface area contributed by atoms with E-state index in [1.807, 2.05) is 25.4 Å². The number of halogens is 1. The molecule has 1 aliphatic heterocycles. The van der Waals surface area contributed by atoms with Gasteiger partial charge in [-0.3, -0.25) is 9.98 Å². The van der Waals surface area contributed by atoms with Gasteiger partial charge in [-0.1, -0.05) is 36.4 Å². The van der Waals surface area contributed by atoms with Crippen LogP contribution in [-0.4, -0.2) is 42.6 Å². The summed E-state index contributed by atoms with van der Waals surface area (Å²) in [5, 5.41) is 3.44. The van der Waals surface area contributed by atoms with Crippen molar-refractivity contribution >= 4 is 29.9 Å². The summed E-state index contributed by atoms with van der Waals surface area (Å²) in [6.45, 7) is 6.26. The van der Waals surface area contributed by atoms with Gasteiger partial charge in [0.1, 0.15) is 0 Å². The molecule has 5 nitrogen and oxygen atoms in total. The number of aryl methyl sites for hydroxylation is 1. The number of hydrogen-bond acceptors (Lipinski definition) is 3. The Labute approximate surface area is 179 Å². The standard InChI is InChI=1S/C21H28N4O.HI/c1-17-7-6-11-23-20(17)13-24-21(22-2)25-12-10-19(14-25)16-26-15-18-8-4-3-5-9-18;/h3-9,11,19H,10,12-16H2,1-2H3,(H,22,24);1H. The SMILES string of the molecule is CN=C(NCc1ncccc1C)N1CCC(COCc2ccccc2)C1.I. The molecule has 0 radical (unpaired) electrons. The van der Waals surface area contributed by atoms with Gasteiger partial charge < -0.3 is 15.0 Å². The molecule has 0 saturated carbocycles. The summed E-state index contributed by atoms with van der Waals surface area (Å²) < 4.78 is 5.91. The third kappa shape index (κ3) is 6.46. The number of rotatable bonds is 6. The van der Waals surface area contributed by atoms with Gasteiger partial charge in [0.05, 0.1) is 25.5 Å². The maximum Gasteiger partial charge on any atom is 0.193 e. The number of hydrogen-bond donors (Lipinski definition) is 1. The van der Waals surface area contributed by atoms with Gasteiger partial charge in [-0.05, 0) is 30.5 Å². The maximum absolute atomic E-state index is 5.91. The van der Waals surface area contributed by atoms with Crippen LogP contribution in [0, 0.1) is 12.8 Å². The van der Waals surface area contributed by atoms with Crippen molar-refractivity contribution in [3.05, 3.63) is 65.5 Å². The van der Waals surface area contributed by atoms with E-state index < -0.39 is 0 Å². The zero-order valence-corrected chi connectivity index (χ0v) is 18.4. The van der Waals surface area contributed by atoms with Crippen LogP contribution in [0.2, 0.25) is 0 Å². The Morgan fingerprint density at radius 3 is 2.81 bits per heavy atom. The zero-order valence-electron chi connectivity index (χ0n) is 16.1. The average molecular weight is 480 g/mol. The van der Waals surface area contributed by atoms with Gasteiger partial charge >= 0.3 is 0 Å². The van der Waals surface area contributed by atoms with Crippen LogP contribution in [0.5, 0.6) is 0 Å². The quantitative estimate of drug-likeness (QED) is 0.390. The number of ether oxygens (including phenoxy) is 1. The molecule has 1 N–H and O–H groups in total. The van der Waals surface area contributed by atoms with E-state index in [4.69, 9.17) is 4.74 Å². The molecule has 0 spiro atoms.